The van der Waals surface area contributed by atoms with Crippen molar-refractivity contribution in [1.29, 1.82) is 0 Å². The lowest BCUT2D eigenvalue weighted by Crippen LogP contribution is -2.44. The number of fused-ring (bicyclic) bond motifs is 1. The monoisotopic (exact) mass is 366 g/mol. The molecule has 4 rings (SSSR count). The molecular weight excluding hydrogens is 344 g/mol. The average Bonchev–Trinajstić information content (AvgIpc) is 3.12. The molecule has 1 aromatic heterocycles. The van der Waals surface area contributed by atoms with Crippen LogP contribution in [0, 0.1) is 0 Å². The van der Waals surface area contributed by atoms with Crippen molar-refractivity contribution in [3.63, 3.8) is 0 Å². The Morgan fingerprint density at radius 2 is 1.81 bits per heavy atom. The van der Waals surface area contributed by atoms with E-state index < -0.39 is 0 Å². The van der Waals surface area contributed by atoms with Gasteiger partial charge in [-0.2, -0.15) is 0 Å². The first-order chi connectivity index (χ1) is 12.7. The second-order valence-electron chi connectivity index (χ2n) is 6.66. The number of aromatic amines is 1. The highest BCUT2D eigenvalue weighted by Gasteiger charge is 2.34. The Kier molecular flexibility index (Phi) is 5.00. The lowest BCUT2D eigenvalue weighted by atomic mass is 9.99. The fraction of sp³-hybridized carbons (Fsp3) is 0.286. The van der Waals surface area contributed by atoms with Gasteiger partial charge in [-0.1, -0.05) is 36.4 Å². The van der Waals surface area contributed by atoms with Crippen molar-refractivity contribution in [3.8, 4) is 0 Å². The molecule has 3 aromatic rings. The third-order valence-corrected chi connectivity index (χ3v) is 6.32. The highest BCUT2D eigenvalue weighted by Crippen LogP contribution is 2.40. The molecule has 2 N–H and O–H groups in total. The Labute approximate surface area is 157 Å². The number of carbonyl (C=O) groups excluding carboxylic acids is 1. The molecule has 0 aliphatic carbocycles. The van der Waals surface area contributed by atoms with Crippen LogP contribution in [0.15, 0.2) is 65.6 Å². The first kappa shape index (κ1) is 17.2. The summed E-state index contributed by atoms with van der Waals surface area (Å²) in [6, 6.07) is 20.2. The highest BCUT2D eigenvalue weighted by molar-refractivity contribution is 8.00. The number of aromatic nitrogens is 1. The molecule has 1 saturated heterocycles. The first-order valence-electron chi connectivity index (χ1n) is 8.92. The zero-order valence-electron chi connectivity index (χ0n) is 14.5. The molecule has 0 spiro atoms. The van der Waals surface area contributed by atoms with Crippen molar-refractivity contribution >= 4 is 28.6 Å². The fourth-order valence-electron chi connectivity index (χ4n) is 3.33. The van der Waals surface area contributed by atoms with Crippen LogP contribution >= 0.6 is 11.8 Å². The molecule has 2 heterocycles. The maximum Gasteiger partial charge on any atom is 0.267 e. The number of nitrogens with one attached hydrogen (secondary N) is 2. The zero-order chi connectivity index (χ0) is 17.8. The van der Waals surface area contributed by atoms with Gasteiger partial charge in [0.05, 0.1) is 0 Å². The third-order valence-electron chi connectivity index (χ3n) is 4.83. The summed E-state index contributed by atoms with van der Waals surface area (Å²) in [4.78, 5) is 17.1. The van der Waals surface area contributed by atoms with Crippen molar-refractivity contribution in [2.45, 2.75) is 22.5 Å². The van der Waals surface area contributed by atoms with Crippen molar-refractivity contribution in [2.24, 2.45) is 0 Å². The smallest absolute Gasteiger partial charge is 0.267 e. The zero-order valence-corrected chi connectivity index (χ0v) is 15.4. The van der Waals surface area contributed by atoms with E-state index in [1.54, 1.807) is 0 Å². The van der Waals surface area contributed by atoms with Gasteiger partial charge in [-0.25, -0.2) is 0 Å². The predicted molar refractivity (Wildman–Crippen MR) is 106 cm³/mol. The summed E-state index contributed by atoms with van der Waals surface area (Å²) in [7, 11) is 0. The van der Waals surface area contributed by atoms with Gasteiger partial charge in [0.1, 0.15) is 5.69 Å². The van der Waals surface area contributed by atoms with Gasteiger partial charge in [-0.3, -0.25) is 4.79 Å². The van der Waals surface area contributed by atoms with Crippen LogP contribution < -0.4 is 5.32 Å². The number of hydrogen-bond donors (Lipinski definition) is 2. The minimum atomic E-state index is -0.0549. The molecule has 1 amide bonds. The molecule has 134 valence electrons. The maximum atomic E-state index is 12.7. The van der Waals surface area contributed by atoms with Gasteiger partial charge in [0.25, 0.3) is 5.91 Å². The number of thioether (sulfide) groups is 1. The minimum absolute atomic E-state index is 0.0265. The third kappa shape index (κ3) is 3.79. The van der Waals surface area contributed by atoms with Gasteiger partial charge in [0.2, 0.25) is 0 Å². The van der Waals surface area contributed by atoms with Crippen LogP contribution in [0.3, 0.4) is 0 Å². The summed E-state index contributed by atoms with van der Waals surface area (Å²) in [5.74, 6) is -0.0549. The topological polar surface area (TPSA) is 54.1 Å². The Balaban J connectivity index is 1.48. The maximum absolute atomic E-state index is 12.7. The number of carbonyl (C=O) groups is 1. The number of amides is 1. The average molecular weight is 366 g/mol. The molecule has 4 nitrogen and oxygen atoms in total. The van der Waals surface area contributed by atoms with E-state index in [1.807, 2.05) is 48.2 Å². The summed E-state index contributed by atoms with van der Waals surface area (Å²) in [5.41, 5.74) is 1.59. The van der Waals surface area contributed by atoms with Crippen molar-refractivity contribution in [1.82, 2.24) is 10.3 Å². The van der Waals surface area contributed by atoms with E-state index >= 15 is 0 Å². The molecule has 1 fully saturated rings. The molecule has 1 aliphatic heterocycles. The standard InChI is InChI=1S/C21H22N2O2S/c24-20(19-14-16-6-4-5-9-18(16)23-19)22-15-21(10-12-25-13-11-21)26-17-7-2-1-3-8-17/h1-9,14,23H,10-13,15H2,(H,22,24). The number of ether oxygens (including phenoxy) is 1. The van der Waals surface area contributed by atoms with Crippen LogP contribution in [0.4, 0.5) is 0 Å². The normalized spacial score (nSPS) is 16.5. The quantitative estimate of drug-likeness (QED) is 0.710. The lowest BCUT2D eigenvalue weighted by Gasteiger charge is -2.36. The molecule has 0 atom stereocenters. The molecule has 0 radical (unpaired) electrons. The summed E-state index contributed by atoms with van der Waals surface area (Å²) in [5, 5.41) is 4.20. The summed E-state index contributed by atoms with van der Waals surface area (Å²) < 4.78 is 5.54. The van der Waals surface area contributed by atoms with Crippen LogP contribution in [-0.2, 0) is 4.74 Å². The molecule has 2 aromatic carbocycles. The van der Waals surface area contributed by atoms with Crippen molar-refractivity contribution in [3.05, 3.63) is 66.4 Å². The summed E-state index contributed by atoms with van der Waals surface area (Å²) in [6.45, 7) is 2.11. The largest absolute Gasteiger partial charge is 0.381 e. The van der Waals surface area contributed by atoms with Gasteiger partial charge in [0.15, 0.2) is 0 Å². The van der Waals surface area contributed by atoms with E-state index in [2.05, 4.69) is 34.6 Å². The molecule has 0 unspecified atom stereocenters. The molecule has 0 saturated carbocycles. The van der Waals surface area contributed by atoms with E-state index in [9.17, 15) is 4.79 Å². The van der Waals surface area contributed by atoms with E-state index in [0.717, 1.165) is 37.0 Å². The summed E-state index contributed by atoms with van der Waals surface area (Å²) >= 11 is 1.85. The molecule has 1 aliphatic rings. The van der Waals surface area contributed by atoms with E-state index in [-0.39, 0.29) is 10.7 Å². The number of para-hydroxylation sites is 1. The lowest BCUT2D eigenvalue weighted by molar-refractivity contribution is 0.0740. The Bertz CT molecular complexity index is 852. The number of rotatable bonds is 5. The minimum Gasteiger partial charge on any atom is -0.381 e. The first-order valence-corrected chi connectivity index (χ1v) is 9.74. The number of hydrogen-bond acceptors (Lipinski definition) is 3. The second-order valence-corrected chi connectivity index (χ2v) is 8.20. The number of H-pyrrole nitrogens is 1. The second kappa shape index (κ2) is 7.56. The Morgan fingerprint density at radius 1 is 1.08 bits per heavy atom. The van der Waals surface area contributed by atoms with Gasteiger partial charge in [0, 0.05) is 40.3 Å². The van der Waals surface area contributed by atoms with Crippen molar-refractivity contribution in [2.75, 3.05) is 19.8 Å². The van der Waals surface area contributed by atoms with Crippen LogP contribution in [-0.4, -0.2) is 35.4 Å². The van der Waals surface area contributed by atoms with Gasteiger partial charge < -0.3 is 15.0 Å². The van der Waals surface area contributed by atoms with Crippen LogP contribution in [0.1, 0.15) is 23.3 Å². The molecule has 5 heteroatoms. The van der Waals surface area contributed by atoms with E-state index in [0.29, 0.717) is 12.2 Å². The van der Waals surface area contributed by atoms with E-state index in [1.165, 1.54) is 4.90 Å². The molecule has 0 bridgehead atoms. The van der Waals surface area contributed by atoms with Gasteiger partial charge in [-0.05, 0) is 37.1 Å². The van der Waals surface area contributed by atoms with Crippen LogP contribution in [0.5, 0.6) is 0 Å². The Morgan fingerprint density at radius 3 is 2.58 bits per heavy atom. The SMILES string of the molecule is O=C(NCC1(Sc2ccccc2)CCOCC1)c1cc2ccccc2[nH]1. The highest BCUT2D eigenvalue weighted by atomic mass is 32.2. The van der Waals surface area contributed by atoms with Crippen LogP contribution in [0.2, 0.25) is 0 Å². The van der Waals surface area contributed by atoms with Gasteiger partial charge in [-0.15, -0.1) is 11.8 Å². The van der Waals surface area contributed by atoms with Crippen LogP contribution in [0.25, 0.3) is 10.9 Å². The van der Waals surface area contributed by atoms with Crippen molar-refractivity contribution < 1.29 is 9.53 Å². The van der Waals surface area contributed by atoms with E-state index in [4.69, 9.17) is 4.74 Å². The van der Waals surface area contributed by atoms with Gasteiger partial charge >= 0.3 is 0 Å². The fourth-order valence-corrected chi connectivity index (χ4v) is 4.64. The predicted octanol–water partition coefficient (Wildman–Crippen LogP) is 4.24. The molecular formula is C21H22N2O2S. The number of benzene rings is 2. The molecule has 26 heavy (non-hydrogen) atoms. The Hall–Kier alpha value is -2.24. The summed E-state index contributed by atoms with van der Waals surface area (Å²) in [6.07, 6.45) is 1.86.